The van der Waals surface area contributed by atoms with Gasteiger partial charge in [-0.3, -0.25) is 4.79 Å². The molecule has 1 rings (SSSR count). The van der Waals surface area contributed by atoms with E-state index in [0.717, 1.165) is 0 Å². The van der Waals surface area contributed by atoms with Crippen molar-refractivity contribution in [1.82, 2.24) is 9.55 Å². The van der Waals surface area contributed by atoms with Crippen molar-refractivity contribution in [3.63, 3.8) is 0 Å². The number of hydrogen-bond donors (Lipinski definition) is 1. The number of anilines is 1. The van der Waals surface area contributed by atoms with Gasteiger partial charge in [0.1, 0.15) is 5.15 Å². The van der Waals surface area contributed by atoms with Gasteiger partial charge in [0.15, 0.2) is 5.82 Å². The summed E-state index contributed by atoms with van der Waals surface area (Å²) in [4.78, 5) is 15.1. The molecule has 1 N–H and O–H groups in total. The molecule has 1 aromatic heterocycles. The smallest absolute Gasteiger partial charge is 0.293 e. The first-order valence-electron chi connectivity index (χ1n) is 3.62. The predicted molar refractivity (Wildman–Crippen MR) is 48.7 cm³/mol. The summed E-state index contributed by atoms with van der Waals surface area (Å²) in [6, 6.07) is 0. The number of aromatic nitrogens is 2. The van der Waals surface area contributed by atoms with Gasteiger partial charge in [-0.05, 0) is 6.92 Å². The minimum absolute atomic E-state index is 0.166. The molecule has 1 aromatic rings. The fourth-order valence-electron chi connectivity index (χ4n) is 0.852. The van der Waals surface area contributed by atoms with E-state index in [2.05, 4.69) is 10.3 Å². The molecule has 66 valence electrons. The second-order valence-electron chi connectivity index (χ2n) is 2.36. The van der Waals surface area contributed by atoms with Crippen LogP contribution in [0, 0.1) is 0 Å². The van der Waals surface area contributed by atoms with Gasteiger partial charge >= 0.3 is 0 Å². The van der Waals surface area contributed by atoms with Crippen LogP contribution < -0.4 is 10.9 Å². The number of aryl methyl sites for hydroxylation is 1. The van der Waals surface area contributed by atoms with Crippen LogP contribution in [0.4, 0.5) is 5.82 Å². The molecule has 0 fully saturated rings. The van der Waals surface area contributed by atoms with E-state index in [-0.39, 0.29) is 5.56 Å². The Morgan fingerprint density at radius 2 is 2.42 bits per heavy atom. The summed E-state index contributed by atoms with van der Waals surface area (Å²) in [5.74, 6) is 0.299. The minimum Gasteiger partial charge on any atom is -0.366 e. The molecule has 0 aliphatic carbocycles. The molecule has 0 aromatic carbocycles. The molecule has 5 heteroatoms. The molecular formula is C7H10ClN3O. The van der Waals surface area contributed by atoms with Crippen LogP contribution in [0.1, 0.15) is 6.92 Å². The molecule has 0 amide bonds. The van der Waals surface area contributed by atoms with Crippen molar-refractivity contribution in [1.29, 1.82) is 0 Å². The second kappa shape index (κ2) is 3.58. The van der Waals surface area contributed by atoms with E-state index in [1.165, 1.54) is 10.8 Å². The molecule has 0 atom stereocenters. The summed E-state index contributed by atoms with van der Waals surface area (Å²) in [7, 11) is 1.64. The first kappa shape index (κ1) is 9.06. The summed E-state index contributed by atoms with van der Waals surface area (Å²) in [6.07, 6.45) is 1.48. The fourth-order valence-corrected chi connectivity index (χ4v) is 1.08. The van der Waals surface area contributed by atoms with E-state index in [9.17, 15) is 4.79 Å². The highest BCUT2D eigenvalue weighted by Crippen LogP contribution is 2.03. The van der Waals surface area contributed by atoms with E-state index >= 15 is 0 Å². The van der Waals surface area contributed by atoms with Gasteiger partial charge in [-0.25, -0.2) is 4.98 Å². The zero-order chi connectivity index (χ0) is 9.14. The second-order valence-corrected chi connectivity index (χ2v) is 2.75. The van der Waals surface area contributed by atoms with Gasteiger partial charge in [-0.1, -0.05) is 11.6 Å². The van der Waals surface area contributed by atoms with Crippen LogP contribution in [-0.2, 0) is 7.05 Å². The minimum atomic E-state index is -0.166. The quantitative estimate of drug-likeness (QED) is 0.747. The Bertz CT molecular complexity index is 334. The first-order chi connectivity index (χ1) is 5.65. The van der Waals surface area contributed by atoms with Crippen molar-refractivity contribution in [2.45, 2.75) is 6.92 Å². The van der Waals surface area contributed by atoms with Crippen molar-refractivity contribution in [3.05, 3.63) is 21.7 Å². The van der Waals surface area contributed by atoms with Gasteiger partial charge in [0.2, 0.25) is 0 Å². The lowest BCUT2D eigenvalue weighted by molar-refractivity contribution is 0.841. The third kappa shape index (κ3) is 1.76. The van der Waals surface area contributed by atoms with Crippen molar-refractivity contribution < 1.29 is 0 Å². The van der Waals surface area contributed by atoms with E-state index in [1.54, 1.807) is 7.05 Å². The molecule has 0 aliphatic heterocycles. The van der Waals surface area contributed by atoms with Crippen molar-refractivity contribution >= 4 is 17.4 Å². The highest BCUT2D eigenvalue weighted by molar-refractivity contribution is 6.29. The lowest BCUT2D eigenvalue weighted by Crippen LogP contribution is -2.22. The third-order valence-electron chi connectivity index (χ3n) is 1.39. The summed E-state index contributed by atoms with van der Waals surface area (Å²) in [5, 5.41) is 3.14. The molecule has 0 saturated heterocycles. The molecule has 0 spiro atoms. The number of nitrogens with zero attached hydrogens (tertiary/aromatic N) is 2. The number of rotatable bonds is 2. The van der Waals surface area contributed by atoms with Gasteiger partial charge in [-0.15, -0.1) is 0 Å². The summed E-state index contributed by atoms with van der Waals surface area (Å²) in [5.41, 5.74) is -0.166. The molecule has 0 aliphatic rings. The lowest BCUT2D eigenvalue weighted by atomic mass is 10.6. The lowest BCUT2D eigenvalue weighted by Gasteiger charge is -2.03. The Hall–Kier alpha value is -1.03. The van der Waals surface area contributed by atoms with Crippen LogP contribution in [0.15, 0.2) is 11.0 Å². The van der Waals surface area contributed by atoms with Gasteiger partial charge in [0.25, 0.3) is 5.56 Å². The van der Waals surface area contributed by atoms with Crippen molar-refractivity contribution in [3.8, 4) is 0 Å². The molecule has 12 heavy (non-hydrogen) atoms. The molecule has 4 nitrogen and oxygen atoms in total. The zero-order valence-corrected chi connectivity index (χ0v) is 7.72. The van der Waals surface area contributed by atoms with E-state index in [1.807, 2.05) is 6.92 Å². The average Bonchev–Trinajstić information content (AvgIpc) is 2.00. The molecule has 0 unspecified atom stereocenters. The zero-order valence-electron chi connectivity index (χ0n) is 6.97. The maximum atomic E-state index is 11.3. The monoisotopic (exact) mass is 187 g/mol. The number of nitrogens with one attached hydrogen (secondary N) is 1. The van der Waals surface area contributed by atoms with Crippen LogP contribution in [0.5, 0.6) is 0 Å². The topological polar surface area (TPSA) is 46.9 Å². The van der Waals surface area contributed by atoms with Crippen LogP contribution in [0.3, 0.4) is 0 Å². The Morgan fingerprint density at radius 3 is 3.00 bits per heavy atom. The maximum Gasteiger partial charge on any atom is 0.293 e. The Labute approximate surface area is 75.2 Å². The summed E-state index contributed by atoms with van der Waals surface area (Å²) < 4.78 is 1.40. The Kier molecular flexibility index (Phi) is 2.70. The van der Waals surface area contributed by atoms with Crippen LogP contribution in [0.25, 0.3) is 0 Å². The van der Waals surface area contributed by atoms with Gasteiger partial charge in [0.05, 0.1) is 0 Å². The Morgan fingerprint density at radius 1 is 1.75 bits per heavy atom. The van der Waals surface area contributed by atoms with E-state index in [0.29, 0.717) is 17.5 Å². The average molecular weight is 188 g/mol. The SMILES string of the molecule is CCNc1nc(Cl)cn(C)c1=O. The van der Waals surface area contributed by atoms with Crippen LogP contribution in [0.2, 0.25) is 5.15 Å². The predicted octanol–water partition coefficient (Wildman–Crippen LogP) is 0.865. The van der Waals surface area contributed by atoms with Crippen LogP contribution >= 0.6 is 11.6 Å². The largest absolute Gasteiger partial charge is 0.366 e. The maximum absolute atomic E-state index is 11.3. The fraction of sp³-hybridized carbons (Fsp3) is 0.429. The highest BCUT2D eigenvalue weighted by Gasteiger charge is 2.02. The van der Waals surface area contributed by atoms with Crippen molar-refractivity contribution in [2.75, 3.05) is 11.9 Å². The first-order valence-corrected chi connectivity index (χ1v) is 4.00. The highest BCUT2D eigenvalue weighted by atomic mass is 35.5. The normalized spacial score (nSPS) is 9.92. The molecule has 0 bridgehead atoms. The van der Waals surface area contributed by atoms with E-state index in [4.69, 9.17) is 11.6 Å². The number of halogens is 1. The van der Waals surface area contributed by atoms with Crippen molar-refractivity contribution in [2.24, 2.45) is 7.05 Å². The third-order valence-corrected chi connectivity index (χ3v) is 1.57. The molecule has 1 heterocycles. The summed E-state index contributed by atoms with van der Waals surface area (Å²) in [6.45, 7) is 2.55. The van der Waals surface area contributed by atoms with E-state index < -0.39 is 0 Å². The summed E-state index contributed by atoms with van der Waals surface area (Å²) >= 11 is 5.65. The molecule has 0 saturated carbocycles. The standard InChI is InChI=1S/C7H10ClN3O/c1-3-9-6-7(12)11(2)4-5(8)10-6/h4H,3H2,1-2H3,(H,9,10). The van der Waals surface area contributed by atoms with Gasteiger partial charge < -0.3 is 9.88 Å². The Balaban J connectivity index is 3.19. The van der Waals surface area contributed by atoms with Gasteiger partial charge in [0, 0.05) is 19.8 Å². The van der Waals surface area contributed by atoms with Crippen LogP contribution in [-0.4, -0.2) is 16.1 Å². The molecule has 0 radical (unpaired) electrons. The number of hydrogen-bond acceptors (Lipinski definition) is 3. The van der Waals surface area contributed by atoms with Gasteiger partial charge in [-0.2, -0.15) is 0 Å². The molecular weight excluding hydrogens is 178 g/mol.